The number of allylic oxidation sites excluding steroid dienone is 3. The lowest BCUT2D eigenvalue weighted by atomic mass is 9.99. The van der Waals surface area contributed by atoms with Crippen LogP contribution in [0.4, 0.5) is 17.6 Å². The van der Waals surface area contributed by atoms with Gasteiger partial charge in [0.25, 0.3) is 5.56 Å². The van der Waals surface area contributed by atoms with Crippen LogP contribution in [0.1, 0.15) is 5.69 Å². The number of alkyl halides is 4. The summed E-state index contributed by atoms with van der Waals surface area (Å²) in [7, 11) is 2.00. The van der Waals surface area contributed by atoms with E-state index in [0.717, 1.165) is 13.1 Å². The van der Waals surface area contributed by atoms with Crippen LogP contribution in [0, 0.1) is 0 Å². The molecular formula is C17H16ClF4N3O4. The lowest BCUT2D eigenvalue weighted by Gasteiger charge is -2.23. The van der Waals surface area contributed by atoms with Crippen molar-refractivity contribution in [3.8, 4) is 0 Å². The van der Waals surface area contributed by atoms with Crippen molar-refractivity contribution in [1.29, 1.82) is 0 Å². The van der Waals surface area contributed by atoms with Crippen molar-refractivity contribution in [2.45, 2.75) is 11.6 Å². The van der Waals surface area contributed by atoms with E-state index in [1.807, 2.05) is 0 Å². The molecule has 7 nitrogen and oxygen atoms in total. The molecule has 0 aromatic carbocycles. The van der Waals surface area contributed by atoms with E-state index < -0.39 is 40.0 Å². The molecular weight excluding hydrogens is 422 g/mol. The van der Waals surface area contributed by atoms with Crippen molar-refractivity contribution in [1.82, 2.24) is 9.13 Å². The van der Waals surface area contributed by atoms with Gasteiger partial charge in [-0.2, -0.15) is 13.2 Å². The maximum Gasteiger partial charge on any atom is 0.431 e. The van der Waals surface area contributed by atoms with Crippen molar-refractivity contribution < 1.29 is 27.1 Å². The summed E-state index contributed by atoms with van der Waals surface area (Å²) in [5.41, 5.74) is -5.14. The van der Waals surface area contributed by atoms with Crippen LogP contribution in [0.2, 0.25) is 0 Å². The van der Waals surface area contributed by atoms with Crippen LogP contribution in [-0.2, 0) is 22.8 Å². The van der Waals surface area contributed by atoms with Crippen molar-refractivity contribution in [3.63, 3.8) is 0 Å². The third-order valence-corrected chi connectivity index (χ3v) is 4.39. The third kappa shape index (κ3) is 4.51. The van der Waals surface area contributed by atoms with Crippen LogP contribution in [0.3, 0.4) is 0 Å². The molecule has 0 saturated heterocycles. The number of hydrogen-bond donors (Lipinski definition) is 0. The highest BCUT2D eigenvalue weighted by Gasteiger charge is 2.36. The molecule has 12 heteroatoms. The van der Waals surface area contributed by atoms with Crippen LogP contribution < -0.4 is 11.2 Å². The molecule has 0 radical (unpaired) electrons. The quantitative estimate of drug-likeness (QED) is 0.225. The highest BCUT2D eigenvalue weighted by Crippen LogP contribution is 2.31. The molecule has 0 N–H and O–H groups in total. The highest BCUT2D eigenvalue weighted by atomic mass is 35.5. The van der Waals surface area contributed by atoms with Crippen LogP contribution >= 0.6 is 11.6 Å². The van der Waals surface area contributed by atoms with E-state index in [9.17, 15) is 22.8 Å². The fourth-order valence-corrected chi connectivity index (χ4v) is 2.84. The van der Waals surface area contributed by atoms with E-state index in [1.165, 1.54) is 13.2 Å². The summed E-state index contributed by atoms with van der Waals surface area (Å²) < 4.78 is 59.8. The van der Waals surface area contributed by atoms with Crippen LogP contribution in [-0.4, -0.2) is 40.5 Å². The Hall–Kier alpha value is -2.66. The van der Waals surface area contributed by atoms with E-state index in [4.69, 9.17) is 16.3 Å². The minimum atomic E-state index is -4.95. The molecule has 0 amide bonds. The van der Waals surface area contributed by atoms with Gasteiger partial charge in [-0.05, 0) is 6.08 Å². The Morgan fingerprint density at radius 2 is 2.03 bits per heavy atom. The summed E-state index contributed by atoms with van der Waals surface area (Å²) in [5.74, 6) is -1.09. The summed E-state index contributed by atoms with van der Waals surface area (Å²) in [4.78, 5) is 29.4. The molecule has 1 heterocycles. The van der Waals surface area contributed by atoms with E-state index in [0.29, 0.717) is 0 Å². The molecule has 1 aromatic heterocycles. The van der Waals surface area contributed by atoms with Gasteiger partial charge in [-0.15, -0.1) is 18.2 Å². The Kier molecular flexibility index (Phi) is 6.85. The van der Waals surface area contributed by atoms with Gasteiger partial charge in [0.05, 0.1) is 18.9 Å². The van der Waals surface area contributed by atoms with E-state index in [1.54, 1.807) is 0 Å². The minimum absolute atomic E-state index is 0.0538. The Bertz CT molecular complexity index is 1020. The molecule has 0 saturated carbocycles. The molecule has 1 unspecified atom stereocenters. The molecule has 0 aliphatic heterocycles. The van der Waals surface area contributed by atoms with E-state index >= 15 is 4.39 Å². The predicted molar refractivity (Wildman–Crippen MR) is 98.5 cm³/mol. The molecule has 158 valence electrons. The monoisotopic (exact) mass is 437 g/mol. The Labute approximate surface area is 166 Å². The first-order valence-corrected chi connectivity index (χ1v) is 8.43. The third-order valence-electron chi connectivity index (χ3n) is 3.90. The van der Waals surface area contributed by atoms with Crippen molar-refractivity contribution in [2.24, 2.45) is 12.2 Å². The summed E-state index contributed by atoms with van der Waals surface area (Å²) in [6.45, 7) is 3.15. The number of halogens is 5. The number of rotatable bonds is 6. The molecule has 1 atom stereocenters. The summed E-state index contributed by atoms with van der Waals surface area (Å²) >= 11 is 6.17. The first-order valence-electron chi connectivity index (χ1n) is 7.99. The largest absolute Gasteiger partial charge is 0.431 e. The van der Waals surface area contributed by atoms with Gasteiger partial charge in [0.15, 0.2) is 5.83 Å². The van der Waals surface area contributed by atoms with Gasteiger partial charge in [0.1, 0.15) is 23.9 Å². The summed E-state index contributed by atoms with van der Waals surface area (Å²) in [6, 6.07) is 0.198. The van der Waals surface area contributed by atoms with Crippen LogP contribution in [0.15, 0.2) is 50.9 Å². The number of ether oxygens (including phenoxy) is 1. The smallest absolute Gasteiger partial charge is 0.399 e. The standard InChI is InChI=1S/C17H16ClF4N3O4/c1-4-5-29-8-9-14(18)10(23-28-3)6-11(15(9)19)25-13(26)7-12(17(20,21)22)24(2)16(25)27/h4,6-7,14H,1,5,8H2,2-3H3. The second-order valence-electron chi connectivity index (χ2n) is 5.78. The maximum atomic E-state index is 15.1. The second-order valence-corrected chi connectivity index (χ2v) is 6.21. The lowest BCUT2D eigenvalue weighted by molar-refractivity contribution is -0.144. The zero-order chi connectivity index (χ0) is 21.9. The summed E-state index contributed by atoms with van der Waals surface area (Å²) in [5, 5.41) is 2.46. The first-order chi connectivity index (χ1) is 13.5. The molecule has 0 fully saturated rings. The number of oxime groups is 1. The fraction of sp³-hybridized carbons (Fsp3) is 0.353. The zero-order valence-electron chi connectivity index (χ0n) is 15.3. The van der Waals surface area contributed by atoms with E-state index in [-0.39, 0.29) is 39.7 Å². The van der Waals surface area contributed by atoms with Gasteiger partial charge in [0.2, 0.25) is 0 Å². The van der Waals surface area contributed by atoms with Crippen molar-refractivity contribution in [3.05, 3.63) is 62.7 Å². The van der Waals surface area contributed by atoms with E-state index in [2.05, 4.69) is 16.6 Å². The van der Waals surface area contributed by atoms with Gasteiger partial charge in [-0.1, -0.05) is 11.2 Å². The van der Waals surface area contributed by atoms with Crippen molar-refractivity contribution >= 4 is 23.0 Å². The number of nitrogens with zero attached hydrogens (tertiary/aromatic N) is 3. The number of hydrogen-bond acceptors (Lipinski definition) is 5. The molecule has 2 rings (SSSR count). The SMILES string of the molecule is C=CCOCC1=C(F)C(n2c(=O)cc(C(F)(F)F)n(C)c2=O)=CC(=NOC)C1Cl. The first kappa shape index (κ1) is 22.6. The van der Waals surface area contributed by atoms with Gasteiger partial charge in [-0.3, -0.25) is 9.36 Å². The Morgan fingerprint density at radius 3 is 2.59 bits per heavy atom. The van der Waals surface area contributed by atoms with Gasteiger partial charge < -0.3 is 9.57 Å². The Morgan fingerprint density at radius 1 is 1.38 bits per heavy atom. The molecule has 0 spiro atoms. The fourth-order valence-electron chi connectivity index (χ4n) is 2.58. The van der Waals surface area contributed by atoms with Crippen LogP contribution in [0.25, 0.3) is 5.70 Å². The highest BCUT2D eigenvalue weighted by molar-refractivity contribution is 6.37. The normalized spacial score (nSPS) is 18.8. The maximum absolute atomic E-state index is 15.1. The zero-order valence-corrected chi connectivity index (χ0v) is 16.1. The Balaban J connectivity index is 2.74. The molecule has 1 aliphatic rings. The predicted octanol–water partition coefficient (Wildman–Crippen LogP) is 2.46. The molecule has 1 aromatic rings. The lowest BCUT2D eigenvalue weighted by Crippen LogP contribution is -2.42. The van der Waals surface area contributed by atoms with Gasteiger partial charge >= 0.3 is 11.9 Å². The average molecular weight is 438 g/mol. The topological polar surface area (TPSA) is 74.8 Å². The minimum Gasteiger partial charge on any atom is -0.399 e. The van der Waals surface area contributed by atoms with Gasteiger partial charge in [0, 0.05) is 18.7 Å². The van der Waals surface area contributed by atoms with Crippen LogP contribution in [0.5, 0.6) is 0 Å². The second kappa shape index (κ2) is 8.78. The molecule has 1 aliphatic carbocycles. The molecule has 29 heavy (non-hydrogen) atoms. The molecule has 0 bridgehead atoms. The van der Waals surface area contributed by atoms with Crippen molar-refractivity contribution in [2.75, 3.05) is 20.3 Å². The number of aromatic nitrogens is 2. The van der Waals surface area contributed by atoms with Gasteiger partial charge in [-0.25, -0.2) is 13.8 Å². The summed E-state index contributed by atoms with van der Waals surface area (Å²) in [6.07, 6.45) is -2.60. The average Bonchev–Trinajstić information content (AvgIpc) is 2.64.